The van der Waals surface area contributed by atoms with Crippen molar-refractivity contribution in [1.29, 1.82) is 0 Å². The number of hydrogen-bond acceptors (Lipinski definition) is 4. The lowest BCUT2D eigenvalue weighted by Crippen LogP contribution is -2.05. The fourth-order valence-electron chi connectivity index (χ4n) is 2.66. The zero-order valence-electron chi connectivity index (χ0n) is 14.3. The second kappa shape index (κ2) is 7.13. The van der Waals surface area contributed by atoms with Crippen LogP contribution in [0.2, 0.25) is 0 Å². The van der Waals surface area contributed by atoms with Crippen LogP contribution in [0.25, 0.3) is 0 Å². The summed E-state index contributed by atoms with van der Waals surface area (Å²) >= 11 is 0. The van der Waals surface area contributed by atoms with Gasteiger partial charge in [0, 0.05) is 18.4 Å². The Morgan fingerprint density at radius 1 is 0.917 bits per heavy atom. The third-order valence-corrected chi connectivity index (χ3v) is 3.93. The van der Waals surface area contributed by atoms with Crippen molar-refractivity contribution in [3.8, 4) is 0 Å². The van der Waals surface area contributed by atoms with E-state index in [1.807, 2.05) is 6.07 Å². The van der Waals surface area contributed by atoms with Crippen LogP contribution in [0, 0.1) is 20.8 Å². The molecule has 0 fully saturated rings. The lowest BCUT2D eigenvalue weighted by Gasteiger charge is -2.12. The summed E-state index contributed by atoms with van der Waals surface area (Å²) in [6.07, 6.45) is 1.77. The predicted molar refractivity (Wildman–Crippen MR) is 99.7 cm³/mol. The molecule has 0 aliphatic carbocycles. The number of rotatable bonds is 5. The Morgan fingerprint density at radius 2 is 1.67 bits per heavy atom. The molecule has 1 aromatic heterocycles. The molecule has 0 atom stereocenters. The normalized spacial score (nSPS) is 10.5. The van der Waals surface area contributed by atoms with Gasteiger partial charge in [-0.15, -0.1) is 0 Å². The highest BCUT2D eigenvalue weighted by Crippen LogP contribution is 2.22. The number of nitrogens with zero attached hydrogens (tertiary/aromatic N) is 2. The SMILES string of the molecule is Cc1cccc(CNc2ccnc(Nc3c(C)cccc3C)n2)c1. The van der Waals surface area contributed by atoms with Gasteiger partial charge in [-0.2, -0.15) is 4.98 Å². The third kappa shape index (κ3) is 3.90. The number of anilines is 3. The van der Waals surface area contributed by atoms with Crippen LogP contribution in [0.3, 0.4) is 0 Å². The smallest absolute Gasteiger partial charge is 0.229 e. The lowest BCUT2D eigenvalue weighted by molar-refractivity contribution is 1.08. The maximum absolute atomic E-state index is 4.55. The van der Waals surface area contributed by atoms with E-state index in [9.17, 15) is 0 Å². The molecular formula is C20H22N4. The molecule has 3 rings (SSSR count). The van der Waals surface area contributed by atoms with Crippen LogP contribution in [0.5, 0.6) is 0 Å². The molecule has 2 N–H and O–H groups in total. The highest BCUT2D eigenvalue weighted by molar-refractivity contribution is 5.63. The number of aryl methyl sites for hydroxylation is 3. The van der Waals surface area contributed by atoms with Crippen molar-refractivity contribution in [2.24, 2.45) is 0 Å². The van der Waals surface area contributed by atoms with E-state index in [-0.39, 0.29) is 0 Å². The summed E-state index contributed by atoms with van der Waals surface area (Å²) in [5.74, 6) is 1.40. The van der Waals surface area contributed by atoms with Gasteiger partial charge in [0.15, 0.2) is 0 Å². The average Bonchev–Trinajstić information content (AvgIpc) is 2.57. The first-order valence-electron chi connectivity index (χ1n) is 8.07. The van der Waals surface area contributed by atoms with E-state index in [0.717, 1.165) is 18.1 Å². The first kappa shape index (κ1) is 16.0. The molecule has 0 aliphatic heterocycles. The van der Waals surface area contributed by atoms with Gasteiger partial charge in [-0.05, 0) is 43.5 Å². The molecule has 0 saturated heterocycles. The minimum atomic E-state index is 0.599. The van der Waals surface area contributed by atoms with Crippen molar-refractivity contribution >= 4 is 17.5 Å². The number of benzene rings is 2. The zero-order valence-corrected chi connectivity index (χ0v) is 14.3. The molecule has 0 aliphatic rings. The Labute approximate surface area is 143 Å². The molecular weight excluding hydrogens is 296 g/mol. The maximum Gasteiger partial charge on any atom is 0.229 e. The van der Waals surface area contributed by atoms with Gasteiger partial charge in [0.1, 0.15) is 5.82 Å². The minimum absolute atomic E-state index is 0.599. The second-order valence-electron chi connectivity index (χ2n) is 6.00. The van der Waals surface area contributed by atoms with Crippen LogP contribution in [-0.4, -0.2) is 9.97 Å². The van der Waals surface area contributed by atoms with E-state index in [1.165, 1.54) is 22.3 Å². The maximum atomic E-state index is 4.55. The third-order valence-electron chi connectivity index (χ3n) is 3.93. The van der Waals surface area contributed by atoms with Gasteiger partial charge in [-0.25, -0.2) is 4.98 Å². The quantitative estimate of drug-likeness (QED) is 0.712. The topological polar surface area (TPSA) is 49.8 Å². The molecule has 1 heterocycles. The highest BCUT2D eigenvalue weighted by Gasteiger charge is 2.05. The predicted octanol–water partition coefficient (Wildman–Crippen LogP) is 4.76. The van der Waals surface area contributed by atoms with Crippen molar-refractivity contribution in [3.05, 3.63) is 77.0 Å². The van der Waals surface area contributed by atoms with E-state index in [0.29, 0.717) is 5.95 Å². The van der Waals surface area contributed by atoms with Gasteiger partial charge in [-0.3, -0.25) is 0 Å². The van der Waals surface area contributed by atoms with Crippen LogP contribution >= 0.6 is 0 Å². The van der Waals surface area contributed by atoms with E-state index in [2.05, 4.69) is 83.8 Å². The van der Waals surface area contributed by atoms with Gasteiger partial charge < -0.3 is 10.6 Å². The number of nitrogens with one attached hydrogen (secondary N) is 2. The Morgan fingerprint density at radius 3 is 2.42 bits per heavy atom. The summed E-state index contributed by atoms with van der Waals surface area (Å²) in [6, 6.07) is 16.5. The summed E-state index contributed by atoms with van der Waals surface area (Å²) in [5, 5.41) is 6.68. The van der Waals surface area contributed by atoms with Gasteiger partial charge in [0.05, 0.1) is 0 Å². The standard InChI is InChI=1S/C20H22N4/c1-14-6-4-9-17(12-14)13-22-18-10-11-21-20(23-18)24-19-15(2)7-5-8-16(19)3/h4-12H,13H2,1-3H3,(H2,21,22,23,24). The summed E-state index contributed by atoms with van der Waals surface area (Å²) in [7, 11) is 0. The molecule has 3 aromatic rings. The molecule has 4 heteroatoms. The number of hydrogen-bond donors (Lipinski definition) is 2. The molecule has 0 bridgehead atoms. The van der Waals surface area contributed by atoms with Crippen molar-refractivity contribution < 1.29 is 0 Å². The fourth-order valence-corrected chi connectivity index (χ4v) is 2.66. The largest absolute Gasteiger partial charge is 0.366 e. The van der Waals surface area contributed by atoms with Gasteiger partial charge >= 0.3 is 0 Å². The summed E-state index contributed by atoms with van der Waals surface area (Å²) in [4.78, 5) is 8.88. The first-order valence-corrected chi connectivity index (χ1v) is 8.07. The van der Waals surface area contributed by atoms with Crippen molar-refractivity contribution in [1.82, 2.24) is 9.97 Å². The van der Waals surface area contributed by atoms with Crippen LogP contribution in [0.4, 0.5) is 17.5 Å². The van der Waals surface area contributed by atoms with Crippen LogP contribution in [0.15, 0.2) is 54.7 Å². The van der Waals surface area contributed by atoms with E-state index < -0.39 is 0 Å². The van der Waals surface area contributed by atoms with Gasteiger partial charge in [0.2, 0.25) is 5.95 Å². The number of para-hydroxylation sites is 1. The van der Waals surface area contributed by atoms with Crippen molar-refractivity contribution in [3.63, 3.8) is 0 Å². The van der Waals surface area contributed by atoms with Crippen LogP contribution in [0.1, 0.15) is 22.3 Å². The van der Waals surface area contributed by atoms with E-state index in [1.54, 1.807) is 6.20 Å². The lowest BCUT2D eigenvalue weighted by atomic mass is 10.1. The minimum Gasteiger partial charge on any atom is -0.366 e. The highest BCUT2D eigenvalue weighted by atomic mass is 15.1. The first-order chi connectivity index (χ1) is 11.6. The van der Waals surface area contributed by atoms with Crippen molar-refractivity contribution in [2.75, 3.05) is 10.6 Å². The molecule has 4 nitrogen and oxygen atoms in total. The van der Waals surface area contributed by atoms with Crippen molar-refractivity contribution in [2.45, 2.75) is 27.3 Å². The Balaban J connectivity index is 1.72. The summed E-state index contributed by atoms with van der Waals surface area (Å²) in [5.41, 5.74) is 5.91. The Hall–Kier alpha value is -2.88. The molecule has 0 spiro atoms. The fraction of sp³-hybridized carbons (Fsp3) is 0.200. The second-order valence-corrected chi connectivity index (χ2v) is 6.00. The monoisotopic (exact) mass is 318 g/mol. The van der Waals surface area contributed by atoms with Gasteiger partial charge in [0.25, 0.3) is 0 Å². The van der Waals surface area contributed by atoms with Gasteiger partial charge in [-0.1, -0.05) is 48.0 Å². The number of aromatic nitrogens is 2. The molecule has 0 amide bonds. The summed E-state index contributed by atoms with van der Waals surface area (Å²) < 4.78 is 0. The molecule has 0 saturated carbocycles. The zero-order chi connectivity index (χ0) is 16.9. The molecule has 0 unspecified atom stereocenters. The summed E-state index contributed by atoms with van der Waals surface area (Å²) in [6.45, 7) is 6.99. The van der Waals surface area contributed by atoms with Crippen LogP contribution < -0.4 is 10.6 Å². The molecule has 0 radical (unpaired) electrons. The average molecular weight is 318 g/mol. The molecule has 24 heavy (non-hydrogen) atoms. The Bertz CT molecular complexity index is 822. The molecule has 2 aromatic carbocycles. The molecule has 122 valence electrons. The Kier molecular flexibility index (Phi) is 4.75. The van der Waals surface area contributed by atoms with E-state index >= 15 is 0 Å². The van der Waals surface area contributed by atoms with Crippen LogP contribution in [-0.2, 0) is 6.54 Å². The van der Waals surface area contributed by atoms with E-state index in [4.69, 9.17) is 0 Å².